The van der Waals surface area contributed by atoms with Gasteiger partial charge in [0.25, 0.3) is 5.91 Å². The number of carboxylic acid groups (broad SMARTS) is 1. The van der Waals surface area contributed by atoms with Crippen molar-refractivity contribution in [1.29, 1.82) is 0 Å². The molecule has 0 aromatic carbocycles. The zero-order chi connectivity index (χ0) is 21.9. The molecule has 0 aromatic heterocycles. The monoisotopic (exact) mass is 412 g/mol. The van der Waals surface area contributed by atoms with Crippen LogP contribution in [-0.4, -0.2) is 62.7 Å². The Morgan fingerprint density at radius 3 is 2.28 bits per heavy atom. The Balaban J connectivity index is 2.55. The summed E-state index contributed by atoms with van der Waals surface area (Å²) in [6.45, 7) is 6.50. The molecule has 1 aliphatic rings. The Morgan fingerprint density at radius 1 is 1.00 bits per heavy atom. The van der Waals surface area contributed by atoms with Gasteiger partial charge in [-0.1, -0.05) is 51.9 Å². The zero-order valence-corrected chi connectivity index (χ0v) is 18.5. The molecule has 1 fully saturated rings. The third kappa shape index (κ3) is 8.72. The number of carboxylic acids is 1. The van der Waals surface area contributed by atoms with Crippen LogP contribution < -0.4 is 0 Å². The van der Waals surface area contributed by atoms with E-state index in [1.54, 1.807) is 11.8 Å². The van der Waals surface area contributed by atoms with Gasteiger partial charge in [-0.3, -0.25) is 14.5 Å². The molecule has 1 aliphatic heterocycles. The topological polar surface area (TPSA) is 98.2 Å². The van der Waals surface area contributed by atoms with Crippen LogP contribution in [0.1, 0.15) is 97.8 Å². The molecule has 7 nitrogen and oxygen atoms in total. The lowest BCUT2D eigenvalue weighted by Crippen LogP contribution is -2.39. The highest BCUT2D eigenvalue weighted by Gasteiger charge is 2.43. The van der Waals surface area contributed by atoms with Gasteiger partial charge in [-0.2, -0.15) is 0 Å². The van der Waals surface area contributed by atoms with E-state index in [1.807, 2.05) is 6.92 Å². The molecule has 0 aliphatic carbocycles. The van der Waals surface area contributed by atoms with Crippen LogP contribution in [0.4, 0.5) is 4.79 Å². The van der Waals surface area contributed by atoms with Crippen LogP contribution in [0.3, 0.4) is 0 Å². The van der Waals surface area contributed by atoms with E-state index < -0.39 is 17.6 Å². The number of likely N-dealkylation sites (N-methyl/N-ethyl adjacent to an activating group) is 1. The summed E-state index contributed by atoms with van der Waals surface area (Å²) in [5.41, 5.74) is -0.835. The Bertz CT molecular complexity index is 535. The normalized spacial score (nSPS) is 19.1. The molecule has 0 radical (unpaired) electrons. The second-order valence-corrected chi connectivity index (χ2v) is 8.48. The fourth-order valence-corrected chi connectivity index (χ4v) is 3.90. The minimum Gasteiger partial charge on any atom is -0.481 e. The van der Waals surface area contributed by atoms with Gasteiger partial charge in [0.05, 0.1) is 5.60 Å². The van der Waals surface area contributed by atoms with Gasteiger partial charge in [0.2, 0.25) is 0 Å². The fraction of sp³-hybridized carbons (Fsp3) is 0.864. The molecular formula is C22H40N2O5. The number of amides is 3. The summed E-state index contributed by atoms with van der Waals surface area (Å²) in [7, 11) is 0. The van der Waals surface area contributed by atoms with E-state index in [-0.39, 0.29) is 18.4 Å². The molecule has 0 aromatic rings. The molecule has 0 saturated carbocycles. The smallest absolute Gasteiger partial charge is 0.327 e. The SMILES string of the molecule is CCCCCCC(C)(O)CCN1C(=O)N(CC)C(=O)C1CCCCCCC(=O)O. The van der Waals surface area contributed by atoms with E-state index in [2.05, 4.69) is 6.92 Å². The van der Waals surface area contributed by atoms with Crippen LogP contribution in [0.25, 0.3) is 0 Å². The third-order valence-corrected chi connectivity index (χ3v) is 5.80. The van der Waals surface area contributed by atoms with E-state index >= 15 is 0 Å². The van der Waals surface area contributed by atoms with Gasteiger partial charge in [0, 0.05) is 19.5 Å². The van der Waals surface area contributed by atoms with Crippen molar-refractivity contribution in [3.63, 3.8) is 0 Å². The molecule has 2 unspecified atom stereocenters. The molecule has 7 heteroatoms. The summed E-state index contributed by atoms with van der Waals surface area (Å²) >= 11 is 0. The van der Waals surface area contributed by atoms with Gasteiger partial charge >= 0.3 is 12.0 Å². The molecule has 29 heavy (non-hydrogen) atoms. The van der Waals surface area contributed by atoms with Crippen molar-refractivity contribution in [2.75, 3.05) is 13.1 Å². The molecule has 3 amide bonds. The van der Waals surface area contributed by atoms with Crippen LogP contribution >= 0.6 is 0 Å². The van der Waals surface area contributed by atoms with Crippen LogP contribution in [0.5, 0.6) is 0 Å². The number of imide groups is 1. The van der Waals surface area contributed by atoms with Crippen LogP contribution in [0, 0.1) is 0 Å². The maximum Gasteiger partial charge on any atom is 0.327 e. The summed E-state index contributed by atoms with van der Waals surface area (Å²) in [5.74, 6) is -0.932. The van der Waals surface area contributed by atoms with Crippen molar-refractivity contribution in [2.45, 2.75) is 109 Å². The van der Waals surface area contributed by atoms with Crippen molar-refractivity contribution < 1.29 is 24.6 Å². The quantitative estimate of drug-likeness (QED) is 0.293. The van der Waals surface area contributed by atoms with E-state index in [1.165, 1.54) is 4.90 Å². The molecule has 2 atom stereocenters. The number of urea groups is 1. The minimum absolute atomic E-state index is 0.148. The van der Waals surface area contributed by atoms with Crippen molar-refractivity contribution in [1.82, 2.24) is 9.80 Å². The molecule has 1 saturated heterocycles. The van der Waals surface area contributed by atoms with Gasteiger partial charge in [-0.15, -0.1) is 0 Å². The second-order valence-electron chi connectivity index (χ2n) is 8.48. The molecule has 0 spiro atoms. The van der Waals surface area contributed by atoms with E-state index in [0.29, 0.717) is 38.8 Å². The number of carbonyl (C=O) groups excluding carboxylic acids is 2. The first-order chi connectivity index (χ1) is 13.7. The number of nitrogens with zero attached hydrogens (tertiary/aromatic N) is 2. The zero-order valence-electron chi connectivity index (χ0n) is 18.5. The number of aliphatic carboxylic acids is 1. The predicted molar refractivity (Wildman–Crippen MR) is 113 cm³/mol. The Kier molecular flexibility index (Phi) is 11.2. The number of unbranched alkanes of at least 4 members (excludes halogenated alkanes) is 6. The summed E-state index contributed by atoms with van der Waals surface area (Å²) in [6, 6.07) is -0.715. The molecule has 0 bridgehead atoms. The maximum absolute atomic E-state index is 12.7. The average Bonchev–Trinajstić information content (AvgIpc) is 2.89. The lowest BCUT2D eigenvalue weighted by molar-refractivity contribution is -0.137. The van der Waals surface area contributed by atoms with Crippen molar-refractivity contribution >= 4 is 17.9 Å². The first-order valence-electron chi connectivity index (χ1n) is 11.3. The first kappa shape index (κ1) is 25.4. The number of rotatable bonds is 16. The van der Waals surface area contributed by atoms with E-state index in [4.69, 9.17) is 5.11 Å². The number of carbonyl (C=O) groups is 3. The summed E-state index contributed by atoms with van der Waals surface area (Å²) in [6.07, 6.45) is 9.38. The number of aliphatic hydroxyl groups is 1. The first-order valence-corrected chi connectivity index (χ1v) is 11.3. The second kappa shape index (κ2) is 12.8. The minimum atomic E-state index is -0.835. The Hall–Kier alpha value is -1.63. The molecule has 2 N–H and O–H groups in total. The Labute approximate surface area is 175 Å². The molecular weight excluding hydrogens is 372 g/mol. The Morgan fingerprint density at radius 2 is 1.66 bits per heavy atom. The van der Waals surface area contributed by atoms with Gasteiger partial charge in [-0.05, 0) is 39.5 Å². The third-order valence-electron chi connectivity index (χ3n) is 5.80. The van der Waals surface area contributed by atoms with Crippen LogP contribution in [-0.2, 0) is 9.59 Å². The molecule has 168 valence electrons. The predicted octanol–water partition coefficient (Wildman–Crippen LogP) is 4.18. The average molecular weight is 413 g/mol. The van der Waals surface area contributed by atoms with Crippen molar-refractivity contribution in [3.8, 4) is 0 Å². The van der Waals surface area contributed by atoms with Gasteiger partial charge in [-0.25, -0.2) is 4.79 Å². The number of hydrogen-bond acceptors (Lipinski definition) is 4. The van der Waals surface area contributed by atoms with Crippen LogP contribution in [0.2, 0.25) is 0 Å². The van der Waals surface area contributed by atoms with Gasteiger partial charge in [0.1, 0.15) is 6.04 Å². The standard InChI is InChI=1S/C22H40N2O5/c1-4-6-7-12-15-22(3,29)16-17-24-18(20(27)23(5-2)21(24)28)13-10-8-9-11-14-19(25)26/h18,29H,4-17H2,1-3H3,(H,25,26). The summed E-state index contributed by atoms with van der Waals surface area (Å²) in [5, 5.41) is 19.4. The lowest BCUT2D eigenvalue weighted by Gasteiger charge is -2.28. The van der Waals surface area contributed by atoms with Crippen molar-refractivity contribution in [3.05, 3.63) is 0 Å². The van der Waals surface area contributed by atoms with E-state index in [9.17, 15) is 19.5 Å². The van der Waals surface area contributed by atoms with Crippen molar-refractivity contribution in [2.24, 2.45) is 0 Å². The summed E-state index contributed by atoms with van der Waals surface area (Å²) in [4.78, 5) is 38.8. The highest BCUT2D eigenvalue weighted by molar-refractivity contribution is 6.04. The highest BCUT2D eigenvalue weighted by atomic mass is 16.4. The molecule has 1 rings (SSSR count). The summed E-state index contributed by atoms with van der Waals surface area (Å²) < 4.78 is 0. The highest BCUT2D eigenvalue weighted by Crippen LogP contribution is 2.26. The van der Waals surface area contributed by atoms with Gasteiger partial charge < -0.3 is 15.1 Å². The van der Waals surface area contributed by atoms with Crippen LogP contribution in [0.15, 0.2) is 0 Å². The number of hydrogen-bond donors (Lipinski definition) is 2. The lowest BCUT2D eigenvalue weighted by atomic mass is 9.94. The molecule has 1 heterocycles. The largest absolute Gasteiger partial charge is 0.481 e. The fourth-order valence-electron chi connectivity index (χ4n) is 3.90. The van der Waals surface area contributed by atoms with Gasteiger partial charge in [0.15, 0.2) is 0 Å². The maximum atomic E-state index is 12.7. The van der Waals surface area contributed by atoms with E-state index in [0.717, 1.165) is 44.9 Å².